The number of ether oxygens (including phenoxy) is 3. The van der Waals surface area contributed by atoms with Crippen LogP contribution in [-0.4, -0.2) is 41.9 Å². The van der Waals surface area contributed by atoms with Crippen LogP contribution in [0.15, 0.2) is 47.4 Å². The van der Waals surface area contributed by atoms with Crippen molar-refractivity contribution in [3.63, 3.8) is 0 Å². The van der Waals surface area contributed by atoms with Crippen LogP contribution in [0, 0.1) is 16.7 Å². The van der Waals surface area contributed by atoms with Crippen molar-refractivity contribution < 1.29 is 24.1 Å². The molecule has 1 heterocycles. The van der Waals surface area contributed by atoms with Gasteiger partial charge in [-0.2, -0.15) is 4.98 Å². The third kappa shape index (κ3) is 6.11. The Balaban J connectivity index is 2.14. The Hall–Kier alpha value is -4.82. The van der Waals surface area contributed by atoms with Crippen LogP contribution in [0.2, 0.25) is 5.02 Å². The number of aliphatic hydroxyl groups excluding tert-OH is 1. The van der Waals surface area contributed by atoms with E-state index in [1.165, 1.54) is 26.5 Å². The first-order valence-electron chi connectivity index (χ1n) is 11.1. The van der Waals surface area contributed by atoms with Gasteiger partial charge in [0.1, 0.15) is 5.82 Å². The number of esters is 1. The molecule has 0 saturated carbocycles. The Kier molecular flexibility index (Phi) is 9.08. The minimum absolute atomic E-state index is 0.0214. The van der Waals surface area contributed by atoms with Crippen LogP contribution >= 0.6 is 11.6 Å². The molecule has 2 aromatic carbocycles. The molecule has 3 rings (SSSR count). The zero-order valence-electron chi connectivity index (χ0n) is 20.7. The molecule has 0 radical (unpaired) electrons. The molecule has 38 heavy (non-hydrogen) atoms. The van der Waals surface area contributed by atoms with E-state index in [4.69, 9.17) is 37.3 Å². The van der Waals surface area contributed by atoms with E-state index in [0.717, 1.165) is 5.56 Å². The maximum atomic E-state index is 12.1. The van der Waals surface area contributed by atoms with E-state index in [1.807, 2.05) is 0 Å². The average molecular weight is 538 g/mol. The van der Waals surface area contributed by atoms with Gasteiger partial charge in [0.2, 0.25) is 11.6 Å². The number of methoxy groups -OCH3 is 2. The first-order valence-corrected chi connectivity index (χ1v) is 11.5. The van der Waals surface area contributed by atoms with Gasteiger partial charge in [-0.3, -0.25) is 0 Å². The number of nitroso groups, excluding NO2 is 1. The summed E-state index contributed by atoms with van der Waals surface area (Å²) in [6.07, 6.45) is 1.89. The monoisotopic (exact) mass is 537 g/mol. The maximum Gasteiger partial charge on any atom is 0.364 e. The van der Waals surface area contributed by atoms with Crippen molar-refractivity contribution in [3.05, 3.63) is 80.0 Å². The lowest BCUT2D eigenvalue weighted by atomic mass is 10.0. The quantitative estimate of drug-likeness (QED) is 0.126. The highest BCUT2D eigenvalue weighted by Crippen LogP contribution is 2.34. The number of aliphatic hydroxyl groups is 1. The summed E-state index contributed by atoms with van der Waals surface area (Å²) in [6.45, 7) is 1.53. The highest BCUT2D eigenvalue weighted by Gasteiger charge is 2.23. The van der Waals surface area contributed by atoms with Crippen molar-refractivity contribution in [2.75, 3.05) is 32.3 Å². The Morgan fingerprint density at radius 1 is 1.16 bits per heavy atom. The van der Waals surface area contributed by atoms with Crippen molar-refractivity contribution in [1.82, 2.24) is 9.97 Å². The number of halogens is 1. The number of hydrogen-bond acceptors (Lipinski definition) is 11. The van der Waals surface area contributed by atoms with E-state index in [-0.39, 0.29) is 34.5 Å². The predicted molar refractivity (Wildman–Crippen MR) is 143 cm³/mol. The molecule has 1 aromatic heterocycles. The van der Waals surface area contributed by atoms with Gasteiger partial charge >= 0.3 is 5.97 Å². The third-order valence-electron chi connectivity index (χ3n) is 5.22. The molecule has 3 aromatic rings. The SMILES string of the molecule is CCOC(=O)C(N=O)=C(O)c1c(Cl)cccc1C#Cc1cc(Cc2cnc(N)nc2N)cc(OC)c1OC. The number of aromatic nitrogens is 2. The minimum atomic E-state index is -1.09. The number of rotatable bonds is 8. The number of anilines is 2. The van der Waals surface area contributed by atoms with E-state index in [9.17, 15) is 14.8 Å². The third-order valence-corrected chi connectivity index (χ3v) is 5.53. The first-order chi connectivity index (χ1) is 18.2. The lowest BCUT2D eigenvalue weighted by molar-refractivity contribution is -0.138. The number of nitrogens with zero attached hydrogens (tertiary/aromatic N) is 3. The molecule has 196 valence electrons. The summed E-state index contributed by atoms with van der Waals surface area (Å²) in [5.41, 5.74) is 12.7. The number of carbonyl (C=O) groups excluding carboxylic acids is 1. The van der Waals surface area contributed by atoms with E-state index in [1.54, 1.807) is 31.2 Å². The van der Waals surface area contributed by atoms with Crippen LogP contribution in [0.4, 0.5) is 11.8 Å². The van der Waals surface area contributed by atoms with Gasteiger partial charge in [-0.25, -0.2) is 9.78 Å². The average Bonchev–Trinajstić information content (AvgIpc) is 2.89. The summed E-state index contributed by atoms with van der Waals surface area (Å²) in [4.78, 5) is 31.4. The minimum Gasteiger partial charge on any atom is -0.505 e. The second-order valence-electron chi connectivity index (χ2n) is 7.62. The number of nitrogens with two attached hydrogens (primary N) is 2. The lowest BCUT2D eigenvalue weighted by Crippen LogP contribution is -2.09. The maximum absolute atomic E-state index is 12.1. The number of nitrogen functional groups attached to an aromatic ring is 2. The Morgan fingerprint density at radius 2 is 1.89 bits per heavy atom. The van der Waals surface area contributed by atoms with Crippen LogP contribution in [0.25, 0.3) is 5.76 Å². The predicted octanol–water partition coefficient (Wildman–Crippen LogP) is 3.86. The first kappa shape index (κ1) is 27.8. The van der Waals surface area contributed by atoms with E-state index in [2.05, 4.69) is 27.0 Å². The van der Waals surface area contributed by atoms with Crippen LogP contribution < -0.4 is 20.9 Å². The van der Waals surface area contributed by atoms with Gasteiger partial charge in [0, 0.05) is 23.7 Å². The number of benzene rings is 2. The van der Waals surface area contributed by atoms with Gasteiger partial charge in [0.05, 0.1) is 37.0 Å². The molecule has 0 aliphatic heterocycles. The highest BCUT2D eigenvalue weighted by atomic mass is 35.5. The van der Waals surface area contributed by atoms with Crippen molar-refractivity contribution in [2.45, 2.75) is 13.3 Å². The lowest BCUT2D eigenvalue weighted by Gasteiger charge is -2.13. The van der Waals surface area contributed by atoms with Gasteiger partial charge in [-0.05, 0) is 41.9 Å². The molecule has 0 unspecified atom stereocenters. The Morgan fingerprint density at radius 3 is 2.53 bits per heavy atom. The second-order valence-corrected chi connectivity index (χ2v) is 8.02. The van der Waals surface area contributed by atoms with Crippen LogP contribution in [0.5, 0.6) is 11.5 Å². The summed E-state index contributed by atoms with van der Waals surface area (Å²) >= 11 is 6.30. The smallest absolute Gasteiger partial charge is 0.364 e. The fourth-order valence-corrected chi connectivity index (χ4v) is 3.77. The molecule has 0 aliphatic rings. The van der Waals surface area contributed by atoms with E-state index < -0.39 is 17.4 Å². The van der Waals surface area contributed by atoms with Gasteiger partial charge in [-0.15, -0.1) is 4.91 Å². The van der Waals surface area contributed by atoms with Gasteiger partial charge in [0.15, 0.2) is 17.3 Å². The highest BCUT2D eigenvalue weighted by molar-refractivity contribution is 6.32. The van der Waals surface area contributed by atoms with Crippen LogP contribution in [0.1, 0.15) is 34.7 Å². The summed E-state index contributed by atoms with van der Waals surface area (Å²) in [5, 5.41) is 13.4. The van der Waals surface area contributed by atoms with Crippen molar-refractivity contribution in [3.8, 4) is 23.3 Å². The zero-order valence-corrected chi connectivity index (χ0v) is 21.5. The van der Waals surface area contributed by atoms with E-state index >= 15 is 0 Å². The van der Waals surface area contributed by atoms with Crippen molar-refractivity contribution >= 4 is 35.1 Å². The number of hydrogen-bond donors (Lipinski definition) is 3. The normalized spacial score (nSPS) is 11.1. The molecule has 0 bridgehead atoms. The molecule has 0 amide bonds. The molecule has 5 N–H and O–H groups in total. The molecular formula is C26H24ClN5O6. The summed E-state index contributed by atoms with van der Waals surface area (Å²) in [5.74, 6) is 5.12. The molecule has 0 saturated heterocycles. The summed E-state index contributed by atoms with van der Waals surface area (Å²) in [7, 11) is 2.95. The Bertz CT molecular complexity index is 1480. The summed E-state index contributed by atoms with van der Waals surface area (Å²) in [6, 6.07) is 8.15. The standard InChI is InChI=1S/C26H24ClN5O6/c1-4-38-25(34)21(32-35)22(33)20-15(6-5-7-18(20)27)8-9-16-10-14(12-19(36-2)23(16)37-3)11-17-13-30-26(29)31-24(17)28/h5-7,10,12-13,33H,4,11H2,1-3H3,(H4,28,29,30,31). The topological polar surface area (TPSA) is 172 Å². The van der Waals surface area contributed by atoms with Crippen molar-refractivity contribution in [2.24, 2.45) is 5.18 Å². The van der Waals surface area contributed by atoms with Gasteiger partial charge < -0.3 is 30.8 Å². The van der Waals surface area contributed by atoms with Gasteiger partial charge in [0.25, 0.3) is 0 Å². The molecule has 0 atom stereocenters. The summed E-state index contributed by atoms with van der Waals surface area (Å²) < 4.78 is 15.8. The second kappa shape index (κ2) is 12.4. The molecular weight excluding hydrogens is 514 g/mol. The van der Waals surface area contributed by atoms with Crippen molar-refractivity contribution in [1.29, 1.82) is 0 Å². The van der Waals surface area contributed by atoms with E-state index in [0.29, 0.717) is 29.0 Å². The fraction of sp³-hybridized carbons (Fsp3) is 0.192. The molecule has 0 spiro atoms. The fourth-order valence-electron chi connectivity index (χ4n) is 3.51. The zero-order chi connectivity index (χ0) is 27.8. The van der Waals surface area contributed by atoms with Gasteiger partial charge in [-0.1, -0.05) is 29.5 Å². The molecule has 12 heteroatoms. The molecule has 0 aliphatic carbocycles. The molecule has 0 fully saturated rings. The number of carbonyl (C=O) groups is 1. The Labute approximate surface area is 223 Å². The molecule has 11 nitrogen and oxygen atoms in total. The van der Waals surface area contributed by atoms with Crippen LogP contribution in [-0.2, 0) is 16.0 Å². The largest absolute Gasteiger partial charge is 0.505 e. The van der Waals surface area contributed by atoms with Crippen LogP contribution in [0.3, 0.4) is 0 Å².